The Morgan fingerprint density at radius 3 is 2.24 bits per heavy atom. The summed E-state index contributed by atoms with van der Waals surface area (Å²) in [5.41, 5.74) is 6.67. The monoisotopic (exact) mass is 499 g/mol. The highest BCUT2D eigenvalue weighted by Crippen LogP contribution is 2.42. The van der Waals surface area contributed by atoms with E-state index in [9.17, 15) is 10.1 Å². The molecule has 6 heteroatoms. The molecule has 0 fully saturated rings. The molecule has 2 aromatic heterocycles. The maximum atomic E-state index is 12.4. The molecule has 0 saturated heterocycles. The number of ether oxygens (including phenoxy) is 1. The second-order valence-corrected chi connectivity index (χ2v) is 8.76. The minimum Gasteiger partial charge on any atom is -0.465 e. The molecule has 0 aliphatic carbocycles. The van der Waals surface area contributed by atoms with Gasteiger partial charge >= 0.3 is 5.97 Å². The van der Waals surface area contributed by atoms with Gasteiger partial charge in [0, 0.05) is 34.3 Å². The van der Waals surface area contributed by atoms with E-state index in [0.29, 0.717) is 22.5 Å². The van der Waals surface area contributed by atoms with E-state index in [1.54, 1.807) is 18.3 Å². The first-order valence-electron chi connectivity index (χ1n) is 12.1. The highest BCUT2D eigenvalue weighted by atomic mass is 16.5. The van der Waals surface area contributed by atoms with E-state index in [1.165, 1.54) is 7.11 Å². The molecule has 0 bridgehead atoms. The Balaban J connectivity index is 1.62. The minimum atomic E-state index is -0.403. The Kier molecular flexibility index (Phi) is 6.75. The number of hydrogen-bond acceptors (Lipinski definition) is 5. The number of esters is 1. The molecule has 0 amide bonds. The van der Waals surface area contributed by atoms with Crippen molar-refractivity contribution in [3.05, 3.63) is 119 Å². The van der Waals surface area contributed by atoms with Crippen LogP contribution < -0.4 is 0 Å². The lowest BCUT2D eigenvalue weighted by molar-refractivity contribution is 0.0600. The number of aromatic nitrogens is 1. The summed E-state index contributed by atoms with van der Waals surface area (Å²) in [7, 11) is 1.37. The van der Waals surface area contributed by atoms with Crippen LogP contribution in [-0.2, 0) is 4.74 Å². The Morgan fingerprint density at radius 2 is 1.58 bits per heavy atom. The number of aryl methyl sites for hydroxylation is 1. The van der Waals surface area contributed by atoms with Crippen molar-refractivity contribution in [1.82, 2.24) is 4.57 Å². The van der Waals surface area contributed by atoms with Gasteiger partial charge < -0.3 is 13.7 Å². The van der Waals surface area contributed by atoms with Crippen molar-refractivity contribution in [2.75, 3.05) is 7.11 Å². The van der Waals surface area contributed by atoms with Gasteiger partial charge in [-0.1, -0.05) is 72.8 Å². The minimum absolute atomic E-state index is 0.241. The van der Waals surface area contributed by atoms with Crippen molar-refractivity contribution in [3.8, 4) is 34.2 Å². The summed E-state index contributed by atoms with van der Waals surface area (Å²) in [5, 5.41) is 10.1. The molecular formula is C32H25N3O3. The highest BCUT2D eigenvalue weighted by Gasteiger charge is 2.23. The van der Waals surface area contributed by atoms with E-state index in [2.05, 4.69) is 11.1 Å². The average Bonchev–Trinajstić information content (AvgIpc) is 3.48. The van der Waals surface area contributed by atoms with E-state index in [-0.39, 0.29) is 5.88 Å². The summed E-state index contributed by atoms with van der Waals surface area (Å²) in [6, 6.07) is 31.0. The second-order valence-electron chi connectivity index (χ2n) is 8.76. The van der Waals surface area contributed by atoms with Crippen LogP contribution in [0.5, 0.6) is 0 Å². The fourth-order valence-electron chi connectivity index (χ4n) is 4.66. The largest absolute Gasteiger partial charge is 0.465 e. The van der Waals surface area contributed by atoms with Crippen molar-refractivity contribution in [2.24, 2.45) is 4.99 Å². The third kappa shape index (κ3) is 4.42. The van der Waals surface area contributed by atoms with Crippen molar-refractivity contribution in [1.29, 1.82) is 5.26 Å². The number of nitriles is 1. The van der Waals surface area contributed by atoms with Gasteiger partial charge in [0.1, 0.15) is 17.4 Å². The van der Waals surface area contributed by atoms with Crippen LogP contribution >= 0.6 is 0 Å². The number of furan rings is 1. The zero-order chi connectivity index (χ0) is 26.6. The smallest absolute Gasteiger partial charge is 0.339 e. The first-order valence-corrected chi connectivity index (χ1v) is 12.1. The molecule has 6 nitrogen and oxygen atoms in total. The fourth-order valence-corrected chi connectivity index (χ4v) is 4.66. The van der Waals surface area contributed by atoms with Crippen molar-refractivity contribution < 1.29 is 13.9 Å². The van der Waals surface area contributed by atoms with Gasteiger partial charge in [-0.05, 0) is 37.6 Å². The van der Waals surface area contributed by atoms with Crippen molar-refractivity contribution in [2.45, 2.75) is 13.8 Å². The fraction of sp³-hybridized carbons (Fsp3) is 0.0938. The first-order chi connectivity index (χ1) is 18.5. The molecule has 0 spiro atoms. The van der Waals surface area contributed by atoms with Crippen LogP contribution in [0.3, 0.4) is 0 Å². The number of nitrogens with zero attached hydrogens (tertiary/aromatic N) is 3. The van der Waals surface area contributed by atoms with E-state index < -0.39 is 5.97 Å². The Labute approximate surface area is 221 Å². The zero-order valence-electron chi connectivity index (χ0n) is 21.3. The lowest BCUT2D eigenvalue weighted by atomic mass is 9.98. The number of aliphatic imine (C=N–C) groups is 1. The SMILES string of the molecule is COC(=O)c1ccccc1-n1c(C)cc(C=Nc2oc(-c3ccccc3)c(-c3ccccc3)c2C#N)c1C. The molecule has 186 valence electrons. The maximum absolute atomic E-state index is 12.4. The number of carbonyl (C=O) groups is 1. The lowest BCUT2D eigenvalue weighted by Gasteiger charge is -2.13. The lowest BCUT2D eigenvalue weighted by Crippen LogP contribution is -2.09. The van der Waals surface area contributed by atoms with E-state index >= 15 is 0 Å². The quantitative estimate of drug-likeness (QED) is 0.180. The standard InChI is InChI=1S/C32H25N3O3/c1-21-18-25(22(2)35(21)28-17-11-10-16-26(28)32(36)37-3)20-34-31-27(19-33)29(23-12-6-4-7-13-23)30(38-31)24-14-8-5-9-15-24/h4-18,20H,1-3H3. The third-order valence-electron chi connectivity index (χ3n) is 6.44. The zero-order valence-corrected chi connectivity index (χ0v) is 21.3. The molecule has 38 heavy (non-hydrogen) atoms. The molecule has 5 aromatic rings. The summed E-state index contributed by atoms with van der Waals surface area (Å²) >= 11 is 0. The number of rotatable bonds is 6. The van der Waals surface area contributed by atoms with Crippen molar-refractivity contribution in [3.63, 3.8) is 0 Å². The van der Waals surface area contributed by atoms with Gasteiger partial charge in [-0.3, -0.25) is 0 Å². The van der Waals surface area contributed by atoms with Gasteiger partial charge in [-0.25, -0.2) is 9.79 Å². The Bertz CT molecular complexity index is 1690. The first kappa shape index (κ1) is 24.5. The number of carbonyl (C=O) groups excluding carboxylic acids is 1. The molecule has 0 saturated carbocycles. The van der Waals surface area contributed by atoms with Crippen LogP contribution in [0.1, 0.15) is 32.9 Å². The molecule has 0 aliphatic heterocycles. The predicted octanol–water partition coefficient (Wildman–Crippen LogP) is 7.43. The molecule has 5 rings (SSSR count). The summed E-state index contributed by atoms with van der Waals surface area (Å²) in [6.07, 6.45) is 1.70. The van der Waals surface area contributed by atoms with Crippen LogP contribution in [0, 0.1) is 25.2 Å². The van der Waals surface area contributed by atoms with Gasteiger partial charge in [-0.15, -0.1) is 0 Å². The molecule has 0 aliphatic rings. The van der Waals surface area contributed by atoms with Crippen molar-refractivity contribution >= 4 is 18.1 Å². The Hall–Kier alpha value is -5.15. The van der Waals surface area contributed by atoms with Gasteiger partial charge in [-0.2, -0.15) is 5.26 Å². The van der Waals surface area contributed by atoms with E-state index in [4.69, 9.17) is 9.15 Å². The highest BCUT2D eigenvalue weighted by molar-refractivity contribution is 5.94. The summed E-state index contributed by atoms with van der Waals surface area (Å²) in [4.78, 5) is 17.0. The maximum Gasteiger partial charge on any atom is 0.339 e. The van der Waals surface area contributed by atoms with Gasteiger partial charge in [0.25, 0.3) is 0 Å². The second kappa shape index (κ2) is 10.5. The topological polar surface area (TPSA) is 80.5 Å². The molecule has 0 unspecified atom stereocenters. The number of benzene rings is 3. The van der Waals surface area contributed by atoms with Crippen LogP contribution in [0.25, 0.3) is 28.1 Å². The number of para-hydroxylation sites is 1. The van der Waals surface area contributed by atoms with E-state index in [0.717, 1.165) is 33.8 Å². The van der Waals surface area contributed by atoms with Gasteiger partial charge in [0.2, 0.25) is 5.88 Å². The van der Waals surface area contributed by atoms with E-state index in [1.807, 2.05) is 97.3 Å². The van der Waals surface area contributed by atoms with Gasteiger partial charge in [0.15, 0.2) is 0 Å². The third-order valence-corrected chi connectivity index (χ3v) is 6.44. The summed E-state index contributed by atoms with van der Waals surface area (Å²) in [6.45, 7) is 3.92. The number of hydrogen-bond donors (Lipinski definition) is 0. The molecule has 0 N–H and O–H groups in total. The average molecular weight is 500 g/mol. The normalized spacial score (nSPS) is 11.0. The molecule has 0 atom stereocenters. The molecule has 2 heterocycles. The van der Waals surface area contributed by atoms with Gasteiger partial charge in [0.05, 0.1) is 18.4 Å². The number of methoxy groups -OCH3 is 1. The summed E-state index contributed by atoms with van der Waals surface area (Å²) < 4.78 is 13.2. The molecule has 3 aromatic carbocycles. The van der Waals surface area contributed by atoms with Crippen LogP contribution in [0.2, 0.25) is 0 Å². The van der Waals surface area contributed by atoms with Crippen LogP contribution in [0.15, 0.2) is 100 Å². The van der Waals surface area contributed by atoms with Crippen LogP contribution in [0.4, 0.5) is 5.88 Å². The predicted molar refractivity (Wildman–Crippen MR) is 148 cm³/mol. The summed E-state index contributed by atoms with van der Waals surface area (Å²) in [5.74, 6) is 0.433. The molecular weight excluding hydrogens is 474 g/mol. The van der Waals surface area contributed by atoms with Crippen LogP contribution in [-0.4, -0.2) is 23.9 Å². The Morgan fingerprint density at radius 1 is 0.947 bits per heavy atom. The molecule has 0 radical (unpaired) electrons.